The molecular formula is C27H25NO4. The average Bonchev–Trinajstić information content (AvgIpc) is 3.45. The molecule has 2 aliphatic rings. The number of ether oxygens (including phenoxy) is 1. The zero-order chi connectivity index (χ0) is 22.1. The average molecular weight is 428 g/mol. The predicted molar refractivity (Wildman–Crippen MR) is 122 cm³/mol. The maximum atomic E-state index is 13.2. The number of hydrogen-bond donors (Lipinski definition) is 1. The minimum absolute atomic E-state index is 0.0138. The third kappa shape index (κ3) is 3.79. The molecule has 0 spiro atoms. The molecule has 5 nitrogen and oxygen atoms in total. The fraction of sp³-hybridized carbons (Fsp3) is 0.296. The molecular weight excluding hydrogens is 402 g/mol. The molecule has 2 bridgehead atoms. The molecule has 2 fully saturated rings. The van der Waals surface area contributed by atoms with E-state index < -0.39 is 11.9 Å². The first-order chi connectivity index (χ1) is 15.6. The van der Waals surface area contributed by atoms with E-state index in [1.54, 1.807) is 12.1 Å². The van der Waals surface area contributed by atoms with Gasteiger partial charge in [-0.25, -0.2) is 0 Å². The van der Waals surface area contributed by atoms with Crippen molar-refractivity contribution in [3.05, 3.63) is 78.4 Å². The minimum atomic E-state index is -0.466. The molecule has 162 valence electrons. The van der Waals surface area contributed by atoms with Crippen molar-refractivity contribution in [2.24, 2.45) is 23.7 Å². The Hall–Kier alpha value is -3.47. The number of carbonyl (C=O) groups excluding carboxylic acids is 3. The van der Waals surface area contributed by atoms with E-state index in [9.17, 15) is 14.4 Å². The van der Waals surface area contributed by atoms with Gasteiger partial charge >= 0.3 is 5.97 Å². The van der Waals surface area contributed by atoms with Crippen molar-refractivity contribution in [2.75, 3.05) is 11.9 Å². The lowest BCUT2D eigenvalue weighted by molar-refractivity contribution is -0.154. The highest BCUT2D eigenvalue weighted by Gasteiger charge is 2.54. The smallest absolute Gasteiger partial charge is 0.310 e. The summed E-state index contributed by atoms with van der Waals surface area (Å²) in [5.41, 5.74) is 1.32. The molecule has 0 heterocycles. The number of anilines is 1. The zero-order valence-electron chi connectivity index (χ0n) is 17.7. The van der Waals surface area contributed by atoms with E-state index in [0.29, 0.717) is 11.3 Å². The fourth-order valence-corrected chi connectivity index (χ4v) is 5.56. The summed E-state index contributed by atoms with van der Waals surface area (Å²) in [6.07, 6.45) is 2.79. The minimum Gasteiger partial charge on any atom is -0.455 e. The van der Waals surface area contributed by atoms with Crippen molar-refractivity contribution in [1.82, 2.24) is 0 Å². The number of hydrogen-bond acceptors (Lipinski definition) is 4. The highest BCUT2D eigenvalue weighted by molar-refractivity contribution is 6.03. The number of fused-ring (bicyclic) bond motifs is 3. The second kappa shape index (κ2) is 8.58. The SMILES string of the molecule is O=C(COC(=O)[C@H]1[C@H]2CC[C@@H](C2)[C@H]1C(=O)c1ccccc1)Nc1cccc2ccccc12. The lowest BCUT2D eigenvalue weighted by Crippen LogP contribution is -2.37. The number of Topliss-reactive ketones (excluding diaryl/α,β-unsaturated/α-hetero) is 1. The molecule has 0 unspecified atom stereocenters. The van der Waals surface area contributed by atoms with Crippen LogP contribution in [0, 0.1) is 23.7 Å². The Kier molecular flexibility index (Phi) is 5.48. The summed E-state index contributed by atoms with van der Waals surface area (Å²) in [6, 6.07) is 22.6. The molecule has 5 rings (SSSR count). The molecule has 1 N–H and O–H groups in total. The first-order valence-electron chi connectivity index (χ1n) is 11.2. The van der Waals surface area contributed by atoms with Gasteiger partial charge in [-0.2, -0.15) is 0 Å². The van der Waals surface area contributed by atoms with Crippen molar-refractivity contribution in [1.29, 1.82) is 0 Å². The second-order valence-electron chi connectivity index (χ2n) is 8.80. The summed E-state index contributed by atoms with van der Waals surface area (Å²) in [7, 11) is 0. The van der Waals surface area contributed by atoms with Gasteiger partial charge in [0.1, 0.15) is 0 Å². The number of carbonyl (C=O) groups is 3. The van der Waals surface area contributed by atoms with Crippen LogP contribution in [-0.4, -0.2) is 24.3 Å². The van der Waals surface area contributed by atoms with Crippen molar-refractivity contribution in [3.63, 3.8) is 0 Å². The molecule has 0 radical (unpaired) electrons. The Bertz CT molecular complexity index is 1170. The summed E-state index contributed by atoms with van der Waals surface area (Å²) in [4.78, 5) is 38.7. The van der Waals surface area contributed by atoms with Crippen LogP contribution in [0.3, 0.4) is 0 Å². The maximum absolute atomic E-state index is 13.2. The first kappa shape index (κ1) is 20.4. The van der Waals surface area contributed by atoms with Crippen molar-refractivity contribution in [3.8, 4) is 0 Å². The summed E-state index contributed by atoms with van der Waals surface area (Å²) >= 11 is 0. The molecule has 3 aromatic rings. The zero-order valence-corrected chi connectivity index (χ0v) is 17.7. The van der Waals surface area contributed by atoms with E-state index in [1.165, 1.54) is 0 Å². The standard InChI is InChI=1S/C27H25NO4/c29-23(28-22-12-6-10-17-7-4-5-11-21(17)22)16-32-27(31)25-20-14-13-19(15-20)24(25)26(30)18-8-2-1-3-9-18/h1-12,19-20,24-25H,13-16H2,(H,28,29)/t19-,20-,24+,25-/m0/s1. The predicted octanol–water partition coefficient (Wildman–Crippen LogP) is 4.87. The van der Waals surface area contributed by atoms with Crippen LogP contribution in [0.5, 0.6) is 0 Å². The topological polar surface area (TPSA) is 72.5 Å². The van der Waals surface area contributed by atoms with Crippen molar-refractivity contribution < 1.29 is 19.1 Å². The van der Waals surface area contributed by atoms with Gasteiger partial charge in [0.25, 0.3) is 5.91 Å². The van der Waals surface area contributed by atoms with Crippen LogP contribution >= 0.6 is 0 Å². The number of esters is 1. The quantitative estimate of drug-likeness (QED) is 0.450. The van der Waals surface area contributed by atoms with Gasteiger partial charge in [0.2, 0.25) is 0 Å². The van der Waals surface area contributed by atoms with Crippen LogP contribution in [0.25, 0.3) is 10.8 Å². The van der Waals surface area contributed by atoms with E-state index in [1.807, 2.05) is 60.7 Å². The highest BCUT2D eigenvalue weighted by Crippen LogP contribution is 2.53. The molecule has 2 saturated carbocycles. The van der Waals surface area contributed by atoms with Gasteiger partial charge < -0.3 is 10.1 Å². The Labute approximate surface area is 186 Å². The Morgan fingerprint density at radius 2 is 1.50 bits per heavy atom. The number of nitrogens with one attached hydrogen (secondary N) is 1. The van der Waals surface area contributed by atoms with Gasteiger partial charge in [-0.15, -0.1) is 0 Å². The maximum Gasteiger partial charge on any atom is 0.310 e. The normalized spacial score (nSPS) is 23.8. The van der Waals surface area contributed by atoms with E-state index in [2.05, 4.69) is 5.32 Å². The molecule has 1 amide bonds. The third-order valence-electron chi connectivity index (χ3n) is 6.96. The van der Waals surface area contributed by atoms with E-state index in [-0.39, 0.29) is 36.1 Å². The molecule has 5 heteroatoms. The van der Waals surface area contributed by atoms with Crippen molar-refractivity contribution >= 4 is 34.1 Å². The van der Waals surface area contributed by atoms with Gasteiger partial charge in [-0.3, -0.25) is 14.4 Å². The van der Waals surface area contributed by atoms with E-state index in [0.717, 1.165) is 30.0 Å². The Morgan fingerprint density at radius 1 is 0.812 bits per heavy atom. The number of amides is 1. The molecule has 3 aromatic carbocycles. The van der Waals surface area contributed by atoms with Crippen LogP contribution in [-0.2, 0) is 14.3 Å². The fourth-order valence-electron chi connectivity index (χ4n) is 5.56. The van der Waals surface area contributed by atoms with E-state index in [4.69, 9.17) is 4.74 Å². The molecule has 4 atom stereocenters. The van der Waals surface area contributed by atoms with Crippen LogP contribution in [0.2, 0.25) is 0 Å². The monoisotopic (exact) mass is 427 g/mol. The molecule has 32 heavy (non-hydrogen) atoms. The first-order valence-corrected chi connectivity index (χ1v) is 11.2. The van der Waals surface area contributed by atoms with Gasteiger partial charge in [0, 0.05) is 22.6 Å². The summed E-state index contributed by atoms with van der Waals surface area (Å²) < 4.78 is 5.44. The summed E-state index contributed by atoms with van der Waals surface area (Å²) in [5, 5.41) is 4.79. The number of ketones is 1. The van der Waals surface area contributed by atoms with Gasteiger partial charge in [0.15, 0.2) is 12.4 Å². The van der Waals surface area contributed by atoms with E-state index >= 15 is 0 Å². The number of benzene rings is 3. The van der Waals surface area contributed by atoms with Crippen LogP contribution in [0.4, 0.5) is 5.69 Å². The Morgan fingerprint density at radius 3 is 2.31 bits per heavy atom. The highest BCUT2D eigenvalue weighted by atomic mass is 16.5. The van der Waals surface area contributed by atoms with Gasteiger partial charge in [0.05, 0.1) is 5.92 Å². The van der Waals surface area contributed by atoms with Crippen LogP contribution in [0.15, 0.2) is 72.8 Å². The lowest BCUT2D eigenvalue weighted by atomic mass is 9.75. The molecule has 2 aliphatic carbocycles. The molecule has 0 aromatic heterocycles. The molecule has 0 saturated heterocycles. The van der Waals surface area contributed by atoms with Crippen molar-refractivity contribution in [2.45, 2.75) is 19.3 Å². The van der Waals surface area contributed by atoms with Crippen LogP contribution < -0.4 is 5.32 Å². The Balaban J connectivity index is 1.26. The summed E-state index contributed by atoms with van der Waals surface area (Å²) in [5.74, 6) is -1.25. The second-order valence-corrected chi connectivity index (χ2v) is 8.80. The molecule has 0 aliphatic heterocycles. The largest absolute Gasteiger partial charge is 0.455 e. The third-order valence-corrected chi connectivity index (χ3v) is 6.96. The lowest BCUT2D eigenvalue weighted by Gasteiger charge is -2.28. The van der Waals surface area contributed by atoms with Gasteiger partial charge in [-0.1, -0.05) is 66.7 Å². The van der Waals surface area contributed by atoms with Gasteiger partial charge in [-0.05, 0) is 42.6 Å². The summed E-state index contributed by atoms with van der Waals surface area (Å²) in [6.45, 7) is -0.359. The number of rotatable bonds is 6. The van der Waals surface area contributed by atoms with Crippen LogP contribution in [0.1, 0.15) is 29.6 Å².